The van der Waals surface area contributed by atoms with Crippen LogP contribution in [0.4, 0.5) is 5.95 Å². The molecule has 0 aliphatic carbocycles. The number of hydrogen-bond donors (Lipinski definition) is 5. The summed E-state index contributed by atoms with van der Waals surface area (Å²) in [6.07, 6.45) is 4.73. The molecule has 0 aromatic carbocycles. The van der Waals surface area contributed by atoms with Crippen LogP contribution in [0.5, 0.6) is 5.75 Å². The number of aryl methyl sites for hydroxylation is 1. The summed E-state index contributed by atoms with van der Waals surface area (Å²) in [5.41, 5.74) is 6.38. The van der Waals surface area contributed by atoms with E-state index < -0.39 is 0 Å². The molecule has 18 heavy (non-hydrogen) atoms. The van der Waals surface area contributed by atoms with Crippen molar-refractivity contribution in [3.63, 3.8) is 0 Å². The van der Waals surface area contributed by atoms with Crippen LogP contribution in [0.2, 0.25) is 0 Å². The zero-order chi connectivity index (χ0) is 13.5. The molecule has 0 radical (unpaired) electrons. The first-order chi connectivity index (χ1) is 8.60. The number of nitrogens with zero attached hydrogens (tertiary/aromatic N) is 2. The van der Waals surface area contributed by atoms with E-state index in [0.717, 1.165) is 0 Å². The van der Waals surface area contributed by atoms with Crippen molar-refractivity contribution < 1.29 is 15.3 Å². The van der Waals surface area contributed by atoms with E-state index in [0.29, 0.717) is 22.8 Å². The minimum absolute atomic E-state index is 0.0379. The number of aromatic nitrogens is 3. The van der Waals surface area contributed by atoms with Gasteiger partial charge in [-0.3, -0.25) is 4.98 Å². The highest BCUT2D eigenvalue weighted by Gasteiger charge is 2.09. The van der Waals surface area contributed by atoms with Crippen molar-refractivity contribution in [2.45, 2.75) is 20.1 Å². The number of aromatic amines is 1. The summed E-state index contributed by atoms with van der Waals surface area (Å²) in [5.74, 6) is 0.430. The van der Waals surface area contributed by atoms with Crippen LogP contribution in [0.1, 0.15) is 16.8 Å². The Kier molecular flexibility index (Phi) is 5.09. The first-order valence-electron chi connectivity index (χ1n) is 5.23. The normalized spacial score (nSPS) is 9.72. The number of imidazole rings is 1. The zero-order valence-electron chi connectivity index (χ0n) is 9.96. The molecule has 7 heteroatoms. The predicted octanol–water partition coefficient (Wildman–Crippen LogP) is 0.0721. The molecule has 0 saturated heterocycles. The zero-order valence-corrected chi connectivity index (χ0v) is 9.96. The van der Waals surface area contributed by atoms with Crippen LogP contribution in [0.25, 0.3) is 0 Å². The molecule has 0 unspecified atom stereocenters. The van der Waals surface area contributed by atoms with E-state index >= 15 is 0 Å². The fourth-order valence-corrected chi connectivity index (χ4v) is 1.27. The molecule has 0 atom stereocenters. The molecule has 0 aliphatic heterocycles. The summed E-state index contributed by atoms with van der Waals surface area (Å²) in [7, 11) is 0. The molecule has 98 valence electrons. The van der Waals surface area contributed by atoms with Gasteiger partial charge in [-0.25, -0.2) is 4.98 Å². The molecule has 2 aromatic rings. The number of nitrogens with two attached hydrogens (primary N) is 1. The molecule has 0 spiro atoms. The highest BCUT2D eigenvalue weighted by Crippen LogP contribution is 2.23. The lowest BCUT2D eigenvalue weighted by Crippen LogP contribution is -1.98. The van der Waals surface area contributed by atoms with Gasteiger partial charge in [0.15, 0.2) is 5.95 Å². The molecular formula is C11H16N4O3. The van der Waals surface area contributed by atoms with Crippen LogP contribution in [-0.4, -0.2) is 30.3 Å². The number of pyridine rings is 1. The molecule has 6 N–H and O–H groups in total. The number of anilines is 1. The van der Waals surface area contributed by atoms with E-state index in [1.54, 1.807) is 19.3 Å². The Balaban J connectivity index is 0.000000225. The molecule has 2 rings (SSSR count). The Labute approximate surface area is 104 Å². The number of aliphatic hydroxyl groups is 2. The summed E-state index contributed by atoms with van der Waals surface area (Å²) in [4.78, 5) is 10.1. The topological polar surface area (TPSA) is 128 Å². The van der Waals surface area contributed by atoms with Gasteiger partial charge in [0.25, 0.3) is 0 Å². The van der Waals surface area contributed by atoms with Gasteiger partial charge in [0.05, 0.1) is 18.9 Å². The van der Waals surface area contributed by atoms with Gasteiger partial charge in [-0.15, -0.1) is 0 Å². The lowest BCUT2D eigenvalue weighted by Gasteiger charge is -2.07. The summed E-state index contributed by atoms with van der Waals surface area (Å²) >= 11 is 0. The first-order valence-corrected chi connectivity index (χ1v) is 5.23. The van der Waals surface area contributed by atoms with Crippen LogP contribution >= 0.6 is 0 Å². The van der Waals surface area contributed by atoms with Crippen molar-refractivity contribution in [3.8, 4) is 5.75 Å². The molecule has 0 amide bonds. The van der Waals surface area contributed by atoms with Gasteiger partial charge in [0.1, 0.15) is 5.75 Å². The number of aliphatic hydroxyl groups excluding tert-OH is 2. The van der Waals surface area contributed by atoms with E-state index in [9.17, 15) is 5.11 Å². The number of nitrogen functional groups attached to an aromatic ring is 1. The first kappa shape index (κ1) is 13.9. The number of H-pyrrole nitrogens is 1. The molecule has 0 bridgehead atoms. The SMILES string of the molecule is Cc1ncc(CO)c(CO)c1O.Nc1ncc[nH]1. The van der Waals surface area contributed by atoms with Gasteiger partial charge >= 0.3 is 0 Å². The Morgan fingerprint density at radius 1 is 1.28 bits per heavy atom. The average molecular weight is 252 g/mol. The van der Waals surface area contributed by atoms with Crippen LogP contribution < -0.4 is 5.73 Å². The average Bonchev–Trinajstić information content (AvgIpc) is 2.84. The second-order valence-electron chi connectivity index (χ2n) is 3.49. The fourth-order valence-electron chi connectivity index (χ4n) is 1.27. The summed E-state index contributed by atoms with van der Waals surface area (Å²) in [6.45, 7) is 1.12. The third-order valence-electron chi connectivity index (χ3n) is 2.28. The molecule has 2 aromatic heterocycles. The van der Waals surface area contributed by atoms with Crippen LogP contribution in [0.3, 0.4) is 0 Å². The quantitative estimate of drug-likeness (QED) is 0.514. The second kappa shape index (κ2) is 6.58. The van der Waals surface area contributed by atoms with E-state index in [1.807, 2.05) is 0 Å². The highest BCUT2D eigenvalue weighted by atomic mass is 16.3. The maximum absolute atomic E-state index is 9.38. The monoisotopic (exact) mass is 252 g/mol. The lowest BCUT2D eigenvalue weighted by atomic mass is 10.1. The Hall–Kier alpha value is -2.12. The number of aromatic hydroxyl groups is 1. The number of nitrogens with one attached hydrogen (secondary N) is 1. The van der Waals surface area contributed by atoms with Gasteiger partial charge in [-0.2, -0.15) is 0 Å². The second-order valence-corrected chi connectivity index (χ2v) is 3.49. The van der Waals surface area contributed by atoms with Gasteiger partial charge in [0.2, 0.25) is 0 Å². The van der Waals surface area contributed by atoms with Crippen molar-refractivity contribution >= 4 is 5.95 Å². The predicted molar refractivity (Wildman–Crippen MR) is 65.5 cm³/mol. The van der Waals surface area contributed by atoms with Crippen LogP contribution in [-0.2, 0) is 13.2 Å². The van der Waals surface area contributed by atoms with Gasteiger partial charge in [-0.1, -0.05) is 0 Å². The maximum atomic E-state index is 9.38. The Morgan fingerprint density at radius 2 is 2.00 bits per heavy atom. The van der Waals surface area contributed by atoms with Crippen molar-refractivity contribution in [1.82, 2.24) is 15.0 Å². The maximum Gasteiger partial charge on any atom is 0.197 e. The molecule has 0 fully saturated rings. The van der Waals surface area contributed by atoms with Crippen molar-refractivity contribution in [3.05, 3.63) is 35.4 Å². The fraction of sp³-hybridized carbons (Fsp3) is 0.273. The highest BCUT2D eigenvalue weighted by molar-refractivity contribution is 5.39. The van der Waals surface area contributed by atoms with Crippen molar-refractivity contribution in [2.24, 2.45) is 0 Å². The number of hydrogen-bond acceptors (Lipinski definition) is 6. The molecular weight excluding hydrogens is 236 g/mol. The largest absolute Gasteiger partial charge is 0.506 e. The molecule has 0 saturated carbocycles. The van der Waals surface area contributed by atoms with Crippen LogP contribution in [0, 0.1) is 6.92 Å². The number of rotatable bonds is 2. The van der Waals surface area contributed by atoms with E-state index in [2.05, 4.69) is 15.0 Å². The Morgan fingerprint density at radius 3 is 2.39 bits per heavy atom. The molecule has 0 aliphatic rings. The minimum Gasteiger partial charge on any atom is -0.506 e. The standard InChI is InChI=1S/C8H11NO3.C3H5N3/c1-5-8(12)7(4-11)6(3-10)2-9-5;4-3-5-1-2-6-3/h2,10-12H,3-4H2,1H3;1-2H,(H3,4,5,6). The third-order valence-corrected chi connectivity index (χ3v) is 2.28. The van der Waals surface area contributed by atoms with E-state index in [1.165, 1.54) is 6.20 Å². The van der Waals surface area contributed by atoms with E-state index in [4.69, 9.17) is 15.9 Å². The summed E-state index contributed by atoms with van der Waals surface area (Å²) < 4.78 is 0. The van der Waals surface area contributed by atoms with E-state index in [-0.39, 0.29) is 19.0 Å². The van der Waals surface area contributed by atoms with Crippen LogP contribution in [0.15, 0.2) is 18.6 Å². The Bertz CT molecular complexity index is 485. The van der Waals surface area contributed by atoms with Crippen molar-refractivity contribution in [1.29, 1.82) is 0 Å². The minimum atomic E-state index is -0.287. The summed E-state index contributed by atoms with van der Waals surface area (Å²) in [5, 5.41) is 27.0. The molecule has 7 nitrogen and oxygen atoms in total. The molecule has 2 heterocycles. The lowest BCUT2D eigenvalue weighted by molar-refractivity contribution is 0.254. The van der Waals surface area contributed by atoms with Gasteiger partial charge in [-0.05, 0) is 6.92 Å². The smallest absolute Gasteiger partial charge is 0.197 e. The summed E-state index contributed by atoms with van der Waals surface area (Å²) in [6, 6.07) is 0. The van der Waals surface area contributed by atoms with Gasteiger partial charge in [0, 0.05) is 29.7 Å². The van der Waals surface area contributed by atoms with Crippen molar-refractivity contribution in [2.75, 3.05) is 5.73 Å². The van der Waals surface area contributed by atoms with Gasteiger partial charge < -0.3 is 26.0 Å². The third kappa shape index (κ3) is 3.44.